The van der Waals surface area contributed by atoms with E-state index in [1.165, 1.54) is 38.5 Å². The Morgan fingerprint density at radius 1 is 0.705 bits per heavy atom. The number of hydroxylamine groups is 1. The molecule has 61 heavy (non-hydrogen) atoms. The largest absolute Gasteiger partial charge is 0.493 e. The van der Waals surface area contributed by atoms with Gasteiger partial charge in [-0.25, -0.2) is 10.3 Å². The highest BCUT2D eigenvalue weighted by Crippen LogP contribution is 2.41. The van der Waals surface area contributed by atoms with Crippen molar-refractivity contribution in [2.24, 2.45) is 0 Å². The Hall–Kier alpha value is -7.59. The standard InChI is InChI=1S/C26H21ClN2O6.C19H15NO6/c1-32-26(31)21-10-11-33-24-13-23(18(14-28)12-22(21)24)35-20-8-4-17(5-9-20)25(30)29-34-15-16-2-6-19(27)7-3-16;1-24-19(23)14-6-7-25-17-9-16(12(10-20)8-15(14)17)26-13-4-2-11(3-5-13)18(21)22/h2-9,12-13,21H,10-11,15H2,1H3,(H,29,30);2-5,8-9,14H,6-7H2,1H3,(H,21,22). The molecular weight excluding hydrogens is 810 g/mol. The van der Waals surface area contributed by atoms with Crippen molar-refractivity contribution in [1.82, 2.24) is 5.48 Å². The quantitative estimate of drug-likeness (QED) is 0.0953. The fraction of sp³-hybridized carbons (Fsp3) is 0.200. The van der Waals surface area contributed by atoms with Crippen LogP contribution in [-0.4, -0.2) is 56.4 Å². The van der Waals surface area contributed by atoms with Gasteiger partial charge in [-0.1, -0.05) is 23.7 Å². The molecule has 0 bridgehead atoms. The number of carboxylic acid groups (broad SMARTS) is 1. The molecule has 5 aromatic carbocycles. The third kappa shape index (κ3) is 10.5. The highest BCUT2D eigenvalue weighted by molar-refractivity contribution is 6.30. The van der Waals surface area contributed by atoms with Crippen LogP contribution >= 0.6 is 11.6 Å². The summed E-state index contributed by atoms with van der Waals surface area (Å²) in [7, 11) is 2.65. The zero-order chi connectivity index (χ0) is 43.5. The van der Waals surface area contributed by atoms with Crippen LogP contribution in [0.3, 0.4) is 0 Å². The molecule has 310 valence electrons. The summed E-state index contributed by atoms with van der Waals surface area (Å²) >= 11 is 5.85. The number of methoxy groups -OCH3 is 2. The van der Waals surface area contributed by atoms with Gasteiger partial charge in [-0.3, -0.25) is 19.2 Å². The molecule has 7 rings (SSSR count). The van der Waals surface area contributed by atoms with Crippen molar-refractivity contribution >= 4 is 35.4 Å². The van der Waals surface area contributed by atoms with Crippen LogP contribution in [0, 0.1) is 22.7 Å². The summed E-state index contributed by atoms with van der Waals surface area (Å²) in [5.74, 6) is -0.923. The summed E-state index contributed by atoms with van der Waals surface area (Å²) in [6.07, 6.45) is 0.944. The fourth-order valence-corrected chi connectivity index (χ4v) is 6.50. The number of ether oxygens (including phenoxy) is 6. The van der Waals surface area contributed by atoms with E-state index >= 15 is 0 Å². The number of nitrogens with one attached hydrogen (secondary N) is 1. The minimum atomic E-state index is -1.04. The Morgan fingerprint density at radius 3 is 1.59 bits per heavy atom. The second kappa shape index (κ2) is 19.9. The molecule has 2 N–H and O–H groups in total. The van der Waals surface area contributed by atoms with Gasteiger partial charge in [-0.05, 0) is 91.2 Å². The van der Waals surface area contributed by atoms with Gasteiger partial charge in [0.05, 0.1) is 62.6 Å². The van der Waals surface area contributed by atoms with E-state index in [9.17, 15) is 29.7 Å². The first-order chi connectivity index (χ1) is 29.5. The predicted octanol–water partition coefficient (Wildman–Crippen LogP) is 7.99. The maximum atomic E-state index is 12.3. The number of esters is 2. The average Bonchev–Trinajstić information content (AvgIpc) is 3.28. The number of benzene rings is 5. The molecule has 2 atom stereocenters. The lowest BCUT2D eigenvalue weighted by Gasteiger charge is -2.25. The van der Waals surface area contributed by atoms with Crippen molar-refractivity contribution < 1.29 is 57.5 Å². The number of aromatic carboxylic acids is 1. The topological polar surface area (TPSA) is 213 Å². The van der Waals surface area contributed by atoms with Crippen LogP contribution in [0.4, 0.5) is 0 Å². The van der Waals surface area contributed by atoms with Gasteiger partial charge >= 0.3 is 17.9 Å². The Bertz CT molecular complexity index is 2510. The van der Waals surface area contributed by atoms with Gasteiger partial charge in [-0.15, -0.1) is 0 Å². The Balaban J connectivity index is 0.000000213. The van der Waals surface area contributed by atoms with Crippen LogP contribution in [-0.2, 0) is 30.5 Å². The van der Waals surface area contributed by atoms with E-state index in [0.717, 1.165) is 5.56 Å². The summed E-state index contributed by atoms with van der Waals surface area (Å²) in [5.41, 5.74) is 5.43. The number of carbonyl (C=O) groups excluding carboxylic acids is 3. The van der Waals surface area contributed by atoms with Crippen LogP contribution in [0.15, 0.2) is 97.1 Å². The van der Waals surface area contributed by atoms with Gasteiger partial charge in [-0.2, -0.15) is 10.5 Å². The number of rotatable bonds is 11. The van der Waals surface area contributed by atoms with Gasteiger partial charge in [0.25, 0.3) is 5.91 Å². The molecule has 16 heteroatoms. The van der Waals surface area contributed by atoms with E-state index < -0.39 is 23.7 Å². The molecule has 2 aliphatic heterocycles. The Morgan fingerprint density at radius 2 is 1.16 bits per heavy atom. The van der Waals surface area contributed by atoms with Gasteiger partial charge in [0.1, 0.15) is 46.6 Å². The summed E-state index contributed by atoms with van der Waals surface area (Å²) < 4.78 is 32.6. The molecule has 0 fully saturated rings. The molecule has 0 aromatic heterocycles. The monoisotopic (exact) mass is 845 g/mol. The lowest BCUT2D eigenvalue weighted by molar-refractivity contribution is -0.144. The molecule has 0 saturated heterocycles. The molecule has 15 nitrogen and oxygen atoms in total. The zero-order valence-corrected chi connectivity index (χ0v) is 33.4. The van der Waals surface area contributed by atoms with Gasteiger partial charge in [0, 0.05) is 33.8 Å². The molecule has 0 spiro atoms. The van der Waals surface area contributed by atoms with Gasteiger partial charge < -0.3 is 33.5 Å². The molecule has 2 aliphatic rings. The number of hydrogen-bond acceptors (Lipinski definition) is 13. The predicted molar refractivity (Wildman–Crippen MR) is 216 cm³/mol. The lowest BCUT2D eigenvalue weighted by atomic mass is 9.91. The van der Waals surface area contributed by atoms with Gasteiger partial charge in [0.2, 0.25) is 0 Å². The molecule has 0 aliphatic carbocycles. The van der Waals surface area contributed by atoms with E-state index in [4.69, 9.17) is 50.0 Å². The first kappa shape index (κ1) is 43.0. The van der Waals surface area contributed by atoms with E-state index in [-0.39, 0.29) is 46.7 Å². The summed E-state index contributed by atoms with van der Waals surface area (Å²) in [4.78, 5) is 52.6. The highest BCUT2D eigenvalue weighted by atomic mass is 35.5. The number of carbonyl (C=O) groups is 4. The molecule has 2 heterocycles. The van der Waals surface area contributed by atoms with Crippen molar-refractivity contribution in [3.8, 4) is 46.6 Å². The van der Waals surface area contributed by atoms with Gasteiger partial charge in [0.15, 0.2) is 0 Å². The number of hydrogen-bond donors (Lipinski definition) is 2. The summed E-state index contributed by atoms with van der Waals surface area (Å²) in [5, 5.41) is 28.6. The maximum absolute atomic E-state index is 12.3. The number of fused-ring (bicyclic) bond motifs is 2. The normalized spacial score (nSPS) is 14.6. The van der Waals surface area contributed by atoms with Crippen molar-refractivity contribution in [3.63, 3.8) is 0 Å². The first-order valence-corrected chi connectivity index (χ1v) is 18.9. The molecule has 0 radical (unpaired) electrons. The number of nitrogens with zero attached hydrogens (tertiary/aromatic N) is 2. The Kier molecular flexibility index (Phi) is 14.0. The van der Waals surface area contributed by atoms with Crippen LogP contribution < -0.4 is 24.4 Å². The van der Waals surface area contributed by atoms with E-state index in [0.29, 0.717) is 70.8 Å². The number of halogens is 1. The molecular formula is C45H36ClN3O12. The molecule has 5 aromatic rings. The smallest absolute Gasteiger partial charge is 0.335 e. The Labute approximate surface area is 354 Å². The third-order valence-corrected chi connectivity index (χ3v) is 9.76. The highest BCUT2D eigenvalue weighted by Gasteiger charge is 2.31. The zero-order valence-electron chi connectivity index (χ0n) is 32.6. The van der Waals surface area contributed by atoms with Crippen LogP contribution in [0.5, 0.6) is 34.5 Å². The van der Waals surface area contributed by atoms with Crippen molar-refractivity contribution in [2.75, 3.05) is 27.4 Å². The SMILES string of the molecule is COC(=O)C1CCOc2cc(Oc3ccc(C(=O)NOCc4ccc(Cl)cc4)cc3)c(C#N)cc21.COC(=O)C1CCOc2cc(Oc3ccc(C(=O)O)cc3)c(C#N)cc21. The van der Waals surface area contributed by atoms with E-state index in [1.54, 1.807) is 72.8 Å². The maximum Gasteiger partial charge on any atom is 0.335 e. The minimum absolute atomic E-state index is 0.132. The molecule has 0 saturated carbocycles. The van der Waals surface area contributed by atoms with Crippen LogP contribution in [0.1, 0.15) is 73.2 Å². The summed E-state index contributed by atoms with van der Waals surface area (Å²) in [6, 6.07) is 29.7. The molecule has 2 unspecified atom stereocenters. The van der Waals surface area contributed by atoms with Crippen molar-refractivity contribution in [1.29, 1.82) is 10.5 Å². The number of nitriles is 2. The van der Waals surface area contributed by atoms with Crippen molar-refractivity contribution in [2.45, 2.75) is 31.3 Å². The number of amides is 1. The lowest BCUT2D eigenvalue weighted by Crippen LogP contribution is -2.23. The fourth-order valence-electron chi connectivity index (χ4n) is 6.37. The summed E-state index contributed by atoms with van der Waals surface area (Å²) in [6.45, 7) is 0.895. The second-order valence-corrected chi connectivity index (χ2v) is 13.8. The molecule has 1 amide bonds. The van der Waals surface area contributed by atoms with Crippen molar-refractivity contribution in [3.05, 3.63) is 141 Å². The third-order valence-electron chi connectivity index (χ3n) is 9.51. The van der Waals surface area contributed by atoms with E-state index in [2.05, 4.69) is 11.5 Å². The second-order valence-electron chi connectivity index (χ2n) is 13.3. The average molecular weight is 846 g/mol. The van der Waals surface area contributed by atoms with Crippen LogP contribution in [0.2, 0.25) is 5.02 Å². The minimum Gasteiger partial charge on any atom is -0.493 e. The number of carboxylic acids is 1. The van der Waals surface area contributed by atoms with Crippen LogP contribution in [0.25, 0.3) is 0 Å². The first-order valence-electron chi connectivity index (χ1n) is 18.5. The van der Waals surface area contributed by atoms with E-state index in [1.807, 2.05) is 6.07 Å².